The lowest BCUT2D eigenvalue weighted by atomic mass is 9.84. The summed E-state index contributed by atoms with van der Waals surface area (Å²) in [5.41, 5.74) is 0.957. The van der Waals surface area contributed by atoms with Crippen LogP contribution in [0.4, 0.5) is 0 Å². The molecule has 1 aliphatic heterocycles. The topological polar surface area (TPSA) is 35.9 Å². The predicted molar refractivity (Wildman–Crippen MR) is 97.6 cm³/mol. The van der Waals surface area contributed by atoms with Gasteiger partial charge >= 0.3 is 0 Å². The van der Waals surface area contributed by atoms with Crippen LogP contribution >= 0.6 is 0 Å². The van der Waals surface area contributed by atoms with E-state index in [1.807, 2.05) is 12.1 Å². The number of ether oxygens (including phenoxy) is 1. The van der Waals surface area contributed by atoms with E-state index < -0.39 is 5.60 Å². The van der Waals surface area contributed by atoms with Gasteiger partial charge in [-0.15, -0.1) is 0 Å². The number of methoxy groups -OCH3 is 1. The zero-order chi connectivity index (χ0) is 16.8. The van der Waals surface area contributed by atoms with E-state index in [2.05, 4.69) is 21.9 Å². The van der Waals surface area contributed by atoms with E-state index in [4.69, 9.17) is 4.74 Å². The minimum absolute atomic E-state index is 0.413. The lowest BCUT2D eigenvalue weighted by Crippen LogP contribution is -2.52. The van der Waals surface area contributed by atoms with Crippen molar-refractivity contribution in [1.29, 1.82) is 0 Å². The van der Waals surface area contributed by atoms with Crippen molar-refractivity contribution < 1.29 is 9.84 Å². The van der Waals surface area contributed by atoms with Crippen LogP contribution in [0.1, 0.15) is 37.7 Å². The Hall–Kier alpha value is -1.10. The normalized spacial score (nSPS) is 22.4. The van der Waals surface area contributed by atoms with Gasteiger partial charge in [-0.1, -0.05) is 31.4 Å². The van der Waals surface area contributed by atoms with Gasteiger partial charge in [-0.3, -0.25) is 4.90 Å². The molecule has 1 heterocycles. The fourth-order valence-corrected chi connectivity index (χ4v) is 4.03. The van der Waals surface area contributed by atoms with E-state index in [9.17, 15) is 5.11 Å². The molecule has 0 spiro atoms. The van der Waals surface area contributed by atoms with Gasteiger partial charge in [-0.25, -0.2) is 0 Å². The minimum Gasteiger partial charge on any atom is -0.497 e. The summed E-state index contributed by atoms with van der Waals surface area (Å²) in [6.07, 6.45) is 6.75. The number of β-amino-alcohol motifs (C(OH)–C–C–N with tert-alkyl or cyclic N) is 1. The number of benzene rings is 1. The smallest absolute Gasteiger partial charge is 0.118 e. The Kier molecular flexibility index (Phi) is 6.14. The summed E-state index contributed by atoms with van der Waals surface area (Å²) in [5.74, 6) is 0.924. The van der Waals surface area contributed by atoms with E-state index >= 15 is 0 Å². The highest BCUT2D eigenvalue weighted by Gasteiger charge is 2.32. The van der Waals surface area contributed by atoms with Crippen molar-refractivity contribution >= 4 is 0 Å². The Balaban J connectivity index is 1.38. The molecule has 1 aromatic carbocycles. The summed E-state index contributed by atoms with van der Waals surface area (Å²) >= 11 is 0. The third-order valence-electron chi connectivity index (χ3n) is 5.64. The van der Waals surface area contributed by atoms with E-state index in [0.717, 1.165) is 64.3 Å². The van der Waals surface area contributed by atoms with Crippen LogP contribution in [-0.2, 0) is 6.42 Å². The Bertz CT molecular complexity index is 489. The van der Waals surface area contributed by atoms with Gasteiger partial charge in [0.1, 0.15) is 5.75 Å². The fourth-order valence-electron chi connectivity index (χ4n) is 4.03. The van der Waals surface area contributed by atoms with Gasteiger partial charge in [-0.05, 0) is 37.0 Å². The molecule has 4 nitrogen and oxygen atoms in total. The second-order valence-corrected chi connectivity index (χ2v) is 7.50. The number of rotatable bonds is 6. The van der Waals surface area contributed by atoms with Crippen molar-refractivity contribution in [2.75, 3.05) is 46.4 Å². The summed E-state index contributed by atoms with van der Waals surface area (Å²) in [6, 6.07) is 8.40. The van der Waals surface area contributed by atoms with Gasteiger partial charge in [0.2, 0.25) is 0 Å². The molecule has 134 valence electrons. The Labute approximate surface area is 146 Å². The van der Waals surface area contributed by atoms with Crippen LogP contribution in [0.2, 0.25) is 0 Å². The van der Waals surface area contributed by atoms with Gasteiger partial charge in [0.25, 0.3) is 0 Å². The number of nitrogens with zero attached hydrogens (tertiary/aromatic N) is 2. The van der Waals surface area contributed by atoms with Crippen molar-refractivity contribution in [1.82, 2.24) is 9.80 Å². The zero-order valence-electron chi connectivity index (χ0n) is 15.0. The molecule has 1 saturated heterocycles. The third-order valence-corrected chi connectivity index (χ3v) is 5.64. The molecule has 0 bridgehead atoms. The second-order valence-electron chi connectivity index (χ2n) is 7.50. The molecule has 4 heteroatoms. The maximum Gasteiger partial charge on any atom is 0.118 e. The van der Waals surface area contributed by atoms with Crippen LogP contribution in [0.5, 0.6) is 5.75 Å². The van der Waals surface area contributed by atoms with Crippen LogP contribution in [0.25, 0.3) is 0 Å². The van der Waals surface area contributed by atoms with E-state index in [1.165, 1.54) is 24.8 Å². The van der Waals surface area contributed by atoms with E-state index in [-0.39, 0.29) is 0 Å². The first-order valence-corrected chi connectivity index (χ1v) is 9.47. The molecule has 1 aromatic rings. The quantitative estimate of drug-likeness (QED) is 0.868. The van der Waals surface area contributed by atoms with Gasteiger partial charge < -0.3 is 14.7 Å². The maximum absolute atomic E-state index is 10.7. The Morgan fingerprint density at radius 1 is 0.958 bits per heavy atom. The van der Waals surface area contributed by atoms with Crippen molar-refractivity contribution in [3.05, 3.63) is 29.8 Å². The highest BCUT2D eigenvalue weighted by atomic mass is 16.5. The van der Waals surface area contributed by atoms with Crippen molar-refractivity contribution in [2.24, 2.45) is 0 Å². The van der Waals surface area contributed by atoms with Crippen molar-refractivity contribution in [2.45, 2.75) is 44.1 Å². The van der Waals surface area contributed by atoms with E-state index in [1.54, 1.807) is 7.11 Å². The minimum atomic E-state index is -0.413. The summed E-state index contributed by atoms with van der Waals surface area (Å²) in [5, 5.41) is 10.7. The standard InChI is InChI=1S/C20H32N2O2/c1-24-19-7-5-18(6-8-19)9-12-21-13-15-22(16-14-21)17-20(23)10-3-2-4-11-20/h5-8,23H,2-4,9-17H2,1H3. The van der Waals surface area contributed by atoms with Crippen LogP contribution in [0, 0.1) is 0 Å². The fraction of sp³-hybridized carbons (Fsp3) is 0.700. The second kappa shape index (κ2) is 8.32. The predicted octanol–water partition coefficient (Wildman–Crippen LogP) is 2.55. The number of hydrogen-bond donors (Lipinski definition) is 1. The highest BCUT2D eigenvalue weighted by Crippen LogP contribution is 2.29. The van der Waals surface area contributed by atoms with Crippen LogP contribution in [-0.4, -0.2) is 66.9 Å². The monoisotopic (exact) mass is 332 g/mol. The van der Waals surface area contributed by atoms with Crippen molar-refractivity contribution in [3.8, 4) is 5.75 Å². The molecule has 2 aliphatic rings. The first kappa shape index (κ1) is 17.7. The molecule has 0 unspecified atom stereocenters. The molecule has 0 atom stereocenters. The molecule has 24 heavy (non-hydrogen) atoms. The van der Waals surface area contributed by atoms with Crippen LogP contribution in [0.15, 0.2) is 24.3 Å². The Morgan fingerprint density at radius 3 is 2.21 bits per heavy atom. The van der Waals surface area contributed by atoms with Gasteiger partial charge in [0, 0.05) is 39.3 Å². The molecule has 1 N–H and O–H groups in total. The molecule has 3 rings (SSSR count). The summed E-state index contributed by atoms with van der Waals surface area (Å²) in [4.78, 5) is 5.01. The molecular formula is C20H32N2O2. The molecular weight excluding hydrogens is 300 g/mol. The Morgan fingerprint density at radius 2 is 1.58 bits per heavy atom. The molecule has 0 radical (unpaired) electrons. The summed E-state index contributed by atoms with van der Waals surface area (Å²) in [7, 11) is 1.71. The largest absolute Gasteiger partial charge is 0.497 e. The number of piperazine rings is 1. The molecule has 0 amide bonds. The SMILES string of the molecule is COc1ccc(CCN2CCN(CC3(O)CCCCC3)CC2)cc1. The summed E-state index contributed by atoms with van der Waals surface area (Å²) < 4.78 is 5.21. The van der Waals surface area contributed by atoms with E-state index in [0.29, 0.717) is 0 Å². The number of hydrogen-bond acceptors (Lipinski definition) is 4. The average Bonchev–Trinajstić information content (AvgIpc) is 2.62. The van der Waals surface area contributed by atoms with Gasteiger partial charge in [0.15, 0.2) is 0 Å². The highest BCUT2D eigenvalue weighted by molar-refractivity contribution is 5.27. The van der Waals surface area contributed by atoms with Crippen LogP contribution in [0.3, 0.4) is 0 Å². The molecule has 1 aliphatic carbocycles. The average molecular weight is 332 g/mol. The molecule has 2 fully saturated rings. The lowest BCUT2D eigenvalue weighted by Gasteiger charge is -2.41. The molecule has 0 aromatic heterocycles. The van der Waals surface area contributed by atoms with Gasteiger partial charge in [0.05, 0.1) is 12.7 Å². The first-order chi connectivity index (χ1) is 11.7. The van der Waals surface area contributed by atoms with Crippen LogP contribution < -0.4 is 4.74 Å². The number of aliphatic hydroxyl groups is 1. The zero-order valence-corrected chi connectivity index (χ0v) is 15.0. The summed E-state index contributed by atoms with van der Waals surface area (Å²) in [6.45, 7) is 6.40. The first-order valence-electron chi connectivity index (χ1n) is 9.47. The lowest BCUT2D eigenvalue weighted by molar-refractivity contribution is -0.0353. The van der Waals surface area contributed by atoms with Crippen molar-refractivity contribution in [3.63, 3.8) is 0 Å². The maximum atomic E-state index is 10.7. The van der Waals surface area contributed by atoms with Gasteiger partial charge in [-0.2, -0.15) is 0 Å². The third kappa shape index (κ3) is 4.95. The molecule has 1 saturated carbocycles.